The Morgan fingerprint density at radius 3 is 2.70 bits per heavy atom. The van der Waals surface area contributed by atoms with Crippen molar-refractivity contribution in [3.63, 3.8) is 0 Å². The Bertz CT molecular complexity index is 634. The fourth-order valence-electron chi connectivity index (χ4n) is 2.13. The molecule has 1 saturated heterocycles. The number of aromatic nitrogens is 2. The number of nitrogen functional groups attached to an aromatic ring is 1. The first-order chi connectivity index (χ1) is 9.65. The van der Waals surface area contributed by atoms with Crippen molar-refractivity contribution in [1.29, 1.82) is 0 Å². The smallest absolute Gasteiger partial charge is 0.277 e. The van der Waals surface area contributed by atoms with Crippen LogP contribution in [0.15, 0.2) is 12.4 Å². The zero-order valence-corrected chi connectivity index (χ0v) is 12.0. The third-order valence-electron chi connectivity index (χ3n) is 3.33. The molecule has 8 heteroatoms. The second kappa shape index (κ2) is 5.31. The van der Waals surface area contributed by atoms with Crippen LogP contribution in [0.25, 0.3) is 10.3 Å². The van der Waals surface area contributed by atoms with Gasteiger partial charge in [-0.1, -0.05) is 0 Å². The van der Waals surface area contributed by atoms with Crippen molar-refractivity contribution >= 4 is 33.3 Å². The molecule has 0 atom stereocenters. The number of nitrogens with two attached hydrogens (primary N) is 1. The number of likely N-dealkylation sites (N-methyl/N-ethyl adjacent to an activating group) is 1. The minimum Gasteiger partial charge on any atom is -0.396 e. The first-order valence-corrected chi connectivity index (χ1v) is 7.20. The number of carbonyl (C=O) groups is 1. The van der Waals surface area contributed by atoms with Gasteiger partial charge in [0.1, 0.15) is 15.2 Å². The van der Waals surface area contributed by atoms with Crippen LogP contribution in [0.2, 0.25) is 0 Å². The van der Waals surface area contributed by atoms with Gasteiger partial charge in [0.25, 0.3) is 5.91 Å². The molecule has 3 heterocycles. The van der Waals surface area contributed by atoms with Gasteiger partial charge in [0, 0.05) is 38.6 Å². The lowest BCUT2D eigenvalue weighted by Crippen LogP contribution is -2.52. The van der Waals surface area contributed by atoms with Crippen molar-refractivity contribution in [1.82, 2.24) is 25.3 Å². The molecule has 0 radical (unpaired) electrons. The minimum atomic E-state index is -0.183. The number of piperazine rings is 1. The second-order valence-corrected chi connectivity index (χ2v) is 5.79. The van der Waals surface area contributed by atoms with Gasteiger partial charge in [-0.2, -0.15) is 0 Å². The monoisotopic (exact) mass is 292 g/mol. The number of rotatable bonds is 2. The molecule has 2 aromatic heterocycles. The van der Waals surface area contributed by atoms with E-state index in [1.165, 1.54) is 11.3 Å². The molecule has 7 nitrogen and oxygen atoms in total. The molecule has 1 aliphatic heterocycles. The van der Waals surface area contributed by atoms with Crippen molar-refractivity contribution in [2.75, 3.05) is 39.0 Å². The van der Waals surface area contributed by atoms with E-state index < -0.39 is 0 Å². The number of carbonyl (C=O) groups excluding carboxylic acids is 1. The quantitative estimate of drug-likeness (QED) is 0.820. The van der Waals surface area contributed by atoms with Gasteiger partial charge in [-0.05, 0) is 7.05 Å². The molecule has 3 rings (SSSR count). The Labute approximate surface area is 120 Å². The maximum absolute atomic E-state index is 12.3. The van der Waals surface area contributed by atoms with Crippen LogP contribution < -0.4 is 11.2 Å². The molecule has 3 N–H and O–H groups in total. The number of nitrogens with zero attached hydrogens (tertiary/aromatic N) is 4. The lowest BCUT2D eigenvalue weighted by molar-refractivity contribution is 0.0667. The first-order valence-electron chi connectivity index (χ1n) is 6.38. The predicted octanol–water partition coefficient (Wildman–Crippen LogP) is 0.166. The van der Waals surface area contributed by atoms with E-state index in [2.05, 4.69) is 27.3 Å². The van der Waals surface area contributed by atoms with E-state index in [1.807, 2.05) is 5.01 Å². The van der Waals surface area contributed by atoms with Crippen LogP contribution in [-0.2, 0) is 0 Å². The molecular weight excluding hydrogens is 276 g/mol. The Kier molecular flexibility index (Phi) is 3.51. The molecule has 0 bridgehead atoms. The normalized spacial score (nSPS) is 17.4. The summed E-state index contributed by atoms with van der Waals surface area (Å²) in [7, 11) is 2.07. The molecule has 1 amide bonds. The number of fused-ring (bicyclic) bond motifs is 1. The predicted molar refractivity (Wildman–Crippen MR) is 78.4 cm³/mol. The number of hydrogen-bond donors (Lipinski definition) is 2. The number of hydrazine groups is 1. The zero-order valence-electron chi connectivity index (χ0n) is 11.2. The highest BCUT2D eigenvalue weighted by molar-refractivity contribution is 7.21. The zero-order chi connectivity index (χ0) is 14.1. The summed E-state index contributed by atoms with van der Waals surface area (Å²) in [4.78, 5) is 24.0. The number of nitrogens with one attached hydrogen (secondary N) is 1. The molecule has 1 fully saturated rings. The summed E-state index contributed by atoms with van der Waals surface area (Å²) < 4.78 is 0. The van der Waals surface area contributed by atoms with Gasteiger partial charge in [-0.25, -0.2) is 15.0 Å². The standard InChI is InChI=1S/C12H16N6OS/c1-17-4-6-18(7-5-17)16-11(19)10-8(13)9-12(20-10)15-3-2-14-9/h2-3H,4-7,13H2,1H3,(H,16,19). The Hall–Kier alpha value is -1.77. The second-order valence-electron chi connectivity index (χ2n) is 4.79. The van der Waals surface area contributed by atoms with Gasteiger partial charge in [0.15, 0.2) is 0 Å². The van der Waals surface area contributed by atoms with Crippen molar-refractivity contribution in [2.24, 2.45) is 0 Å². The number of anilines is 1. The third-order valence-corrected chi connectivity index (χ3v) is 4.43. The van der Waals surface area contributed by atoms with Gasteiger partial charge in [-0.3, -0.25) is 10.2 Å². The van der Waals surface area contributed by atoms with E-state index in [0.717, 1.165) is 26.2 Å². The SMILES string of the molecule is CN1CCN(NC(=O)c2sc3nccnc3c2N)CC1. The number of hydrogen-bond acceptors (Lipinski definition) is 7. The fourth-order valence-corrected chi connectivity index (χ4v) is 3.04. The van der Waals surface area contributed by atoms with Crippen molar-refractivity contribution in [3.8, 4) is 0 Å². The van der Waals surface area contributed by atoms with Crippen LogP contribution >= 0.6 is 11.3 Å². The average Bonchev–Trinajstić information content (AvgIpc) is 2.79. The summed E-state index contributed by atoms with van der Waals surface area (Å²) in [5.41, 5.74) is 9.89. The lowest BCUT2D eigenvalue weighted by Gasteiger charge is -2.32. The summed E-state index contributed by atoms with van der Waals surface area (Å²) >= 11 is 1.27. The summed E-state index contributed by atoms with van der Waals surface area (Å²) in [5.74, 6) is -0.183. The largest absolute Gasteiger partial charge is 0.396 e. The average molecular weight is 292 g/mol. The molecule has 1 aliphatic rings. The van der Waals surface area contributed by atoms with Gasteiger partial charge in [-0.15, -0.1) is 11.3 Å². The summed E-state index contributed by atoms with van der Waals surface area (Å²) in [5, 5.41) is 1.92. The molecule has 20 heavy (non-hydrogen) atoms. The Balaban J connectivity index is 1.77. The lowest BCUT2D eigenvalue weighted by atomic mass is 10.3. The van der Waals surface area contributed by atoms with Gasteiger partial charge >= 0.3 is 0 Å². The molecule has 0 spiro atoms. The molecule has 2 aromatic rings. The van der Waals surface area contributed by atoms with Crippen LogP contribution in [0.5, 0.6) is 0 Å². The van der Waals surface area contributed by atoms with Crippen molar-refractivity contribution < 1.29 is 4.79 Å². The van der Waals surface area contributed by atoms with E-state index in [0.29, 0.717) is 20.9 Å². The van der Waals surface area contributed by atoms with Crippen LogP contribution in [0.1, 0.15) is 9.67 Å². The molecule has 0 unspecified atom stereocenters. The maximum Gasteiger partial charge on any atom is 0.277 e. The van der Waals surface area contributed by atoms with E-state index in [9.17, 15) is 4.79 Å². The maximum atomic E-state index is 12.3. The van der Waals surface area contributed by atoms with Crippen molar-refractivity contribution in [2.45, 2.75) is 0 Å². The number of amides is 1. The highest BCUT2D eigenvalue weighted by Crippen LogP contribution is 2.30. The highest BCUT2D eigenvalue weighted by Gasteiger charge is 2.21. The number of thiophene rings is 1. The molecule has 0 aliphatic carbocycles. The van der Waals surface area contributed by atoms with E-state index in [4.69, 9.17) is 5.73 Å². The fraction of sp³-hybridized carbons (Fsp3) is 0.417. The molecule has 0 aromatic carbocycles. The van der Waals surface area contributed by atoms with Crippen LogP contribution in [0.4, 0.5) is 5.69 Å². The minimum absolute atomic E-state index is 0.183. The van der Waals surface area contributed by atoms with Crippen LogP contribution in [0, 0.1) is 0 Å². The Morgan fingerprint density at radius 2 is 2.00 bits per heavy atom. The summed E-state index contributed by atoms with van der Waals surface area (Å²) in [6.45, 7) is 3.49. The summed E-state index contributed by atoms with van der Waals surface area (Å²) in [6.07, 6.45) is 3.17. The van der Waals surface area contributed by atoms with E-state index >= 15 is 0 Å². The van der Waals surface area contributed by atoms with E-state index in [-0.39, 0.29) is 5.91 Å². The van der Waals surface area contributed by atoms with Crippen molar-refractivity contribution in [3.05, 3.63) is 17.3 Å². The van der Waals surface area contributed by atoms with Crippen LogP contribution in [0.3, 0.4) is 0 Å². The molecule has 106 valence electrons. The van der Waals surface area contributed by atoms with Gasteiger partial charge in [0.2, 0.25) is 0 Å². The summed E-state index contributed by atoms with van der Waals surface area (Å²) in [6, 6.07) is 0. The topological polar surface area (TPSA) is 87.4 Å². The van der Waals surface area contributed by atoms with Gasteiger partial charge < -0.3 is 10.6 Å². The molecule has 0 saturated carbocycles. The van der Waals surface area contributed by atoms with E-state index in [1.54, 1.807) is 12.4 Å². The third kappa shape index (κ3) is 2.45. The molecular formula is C12H16N6OS. The highest BCUT2D eigenvalue weighted by atomic mass is 32.1. The van der Waals surface area contributed by atoms with Crippen LogP contribution in [-0.4, -0.2) is 59.0 Å². The first kappa shape index (κ1) is 13.2. The Morgan fingerprint density at radius 1 is 1.30 bits per heavy atom. The van der Waals surface area contributed by atoms with Gasteiger partial charge in [0.05, 0.1) is 5.69 Å².